The van der Waals surface area contributed by atoms with E-state index in [2.05, 4.69) is 33.0 Å². The first-order valence-electron chi connectivity index (χ1n) is 5.50. The minimum atomic E-state index is -0.423. The van der Waals surface area contributed by atoms with Gasteiger partial charge in [0.1, 0.15) is 5.41 Å². The molecule has 1 fully saturated rings. The van der Waals surface area contributed by atoms with Crippen LogP contribution < -0.4 is 0 Å². The van der Waals surface area contributed by atoms with Crippen molar-refractivity contribution in [2.75, 3.05) is 27.3 Å². The predicted molar refractivity (Wildman–Crippen MR) is 69.4 cm³/mol. The summed E-state index contributed by atoms with van der Waals surface area (Å²) in [5, 5.41) is 9.44. The SMILES string of the molecule is CN(C)C(c1ccccc1Br)C1(C#N)COC1. The van der Waals surface area contributed by atoms with Crippen LogP contribution in [0.2, 0.25) is 0 Å². The summed E-state index contributed by atoms with van der Waals surface area (Å²) in [7, 11) is 4.00. The van der Waals surface area contributed by atoms with Crippen molar-refractivity contribution < 1.29 is 4.74 Å². The number of halogens is 1. The summed E-state index contributed by atoms with van der Waals surface area (Å²) < 4.78 is 6.30. The minimum absolute atomic E-state index is 0.0526. The van der Waals surface area contributed by atoms with Gasteiger partial charge in [-0.2, -0.15) is 5.26 Å². The monoisotopic (exact) mass is 294 g/mol. The van der Waals surface area contributed by atoms with E-state index < -0.39 is 5.41 Å². The number of ether oxygens (including phenoxy) is 1. The summed E-state index contributed by atoms with van der Waals surface area (Å²) in [5.41, 5.74) is 0.718. The Morgan fingerprint density at radius 1 is 1.41 bits per heavy atom. The van der Waals surface area contributed by atoms with Crippen LogP contribution in [-0.2, 0) is 4.74 Å². The summed E-state index contributed by atoms with van der Waals surface area (Å²) in [5.74, 6) is 0. The maximum absolute atomic E-state index is 9.44. The first kappa shape index (κ1) is 12.6. The fourth-order valence-electron chi connectivity index (χ4n) is 2.37. The van der Waals surface area contributed by atoms with Gasteiger partial charge < -0.3 is 9.64 Å². The van der Waals surface area contributed by atoms with Crippen molar-refractivity contribution in [3.8, 4) is 6.07 Å². The molecule has 4 heteroatoms. The van der Waals surface area contributed by atoms with Crippen LogP contribution in [0, 0.1) is 16.7 Å². The third-order valence-electron chi connectivity index (χ3n) is 3.18. The molecule has 1 atom stereocenters. The molecule has 1 saturated heterocycles. The van der Waals surface area contributed by atoms with Crippen LogP contribution in [0.5, 0.6) is 0 Å². The molecular formula is C13H15BrN2O. The normalized spacial score (nSPS) is 19.5. The van der Waals surface area contributed by atoms with Gasteiger partial charge in [-0.3, -0.25) is 0 Å². The Labute approximate surface area is 110 Å². The molecule has 0 radical (unpaired) electrons. The fourth-order valence-corrected chi connectivity index (χ4v) is 2.87. The third kappa shape index (κ3) is 2.11. The van der Waals surface area contributed by atoms with Crippen LogP contribution >= 0.6 is 15.9 Å². The second kappa shape index (κ2) is 4.77. The van der Waals surface area contributed by atoms with E-state index in [0.717, 1.165) is 10.0 Å². The first-order valence-corrected chi connectivity index (χ1v) is 6.30. The summed E-state index contributed by atoms with van der Waals surface area (Å²) in [6.07, 6.45) is 0. The zero-order chi connectivity index (χ0) is 12.5. The Bertz CT molecular complexity index is 449. The second-order valence-corrected chi connectivity index (χ2v) is 5.50. The van der Waals surface area contributed by atoms with Crippen LogP contribution in [0.3, 0.4) is 0 Å². The molecule has 0 spiro atoms. The van der Waals surface area contributed by atoms with Crippen molar-refractivity contribution >= 4 is 15.9 Å². The molecule has 0 amide bonds. The zero-order valence-corrected chi connectivity index (χ0v) is 11.6. The molecule has 0 N–H and O–H groups in total. The Morgan fingerprint density at radius 3 is 2.47 bits per heavy atom. The predicted octanol–water partition coefficient (Wildman–Crippen LogP) is 2.59. The van der Waals surface area contributed by atoms with Crippen molar-refractivity contribution in [2.45, 2.75) is 6.04 Å². The minimum Gasteiger partial charge on any atom is -0.378 e. The average Bonchev–Trinajstić information content (AvgIpc) is 2.24. The summed E-state index contributed by atoms with van der Waals surface area (Å²) in [6.45, 7) is 1.02. The zero-order valence-electron chi connectivity index (χ0n) is 9.98. The van der Waals surface area contributed by atoms with E-state index in [-0.39, 0.29) is 6.04 Å². The van der Waals surface area contributed by atoms with Crippen LogP contribution in [0.4, 0.5) is 0 Å². The van der Waals surface area contributed by atoms with Gasteiger partial charge in [0.15, 0.2) is 0 Å². The smallest absolute Gasteiger partial charge is 0.123 e. The highest BCUT2D eigenvalue weighted by molar-refractivity contribution is 9.10. The van der Waals surface area contributed by atoms with Crippen LogP contribution in [-0.4, -0.2) is 32.2 Å². The lowest BCUT2D eigenvalue weighted by Crippen LogP contribution is -2.50. The Hall–Kier alpha value is -0.890. The van der Waals surface area contributed by atoms with Gasteiger partial charge in [-0.25, -0.2) is 0 Å². The van der Waals surface area contributed by atoms with Crippen molar-refractivity contribution in [3.05, 3.63) is 34.3 Å². The van der Waals surface area contributed by atoms with Gasteiger partial charge in [-0.15, -0.1) is 0 Å². The molecule has 0 bridgehead atoms. The lowest BCUT2D eigenvalue weighted by Gasteiger charge is -2.45. The largest absolute Gasteiger partial charge is 0.378 e. The van der Waals surface area contributed by atoms with Gasteiger partial charge in [0.25, 0.3) is 0 Å². The molecule has 1 aromatic carbocycles. The molecule has 0 aromatic heterocycles. The molecule has 90 valence electrons. The molecule has 0 saturated carbocycles. The fraction of sp³-hybridized carbons (Fsp3) is 0.462. The topological polar surface area (TPSA) is 36.3 Å². The highest BCUT2D eigenvalue weighted by Gasteiger charge is 2.48. The van der Waals surface area contributed by atoms with Gasteiger partial charge in [-0.05, 0) is 25.7 Å². The molecular weight excluding hydrogens is 280 g/mol. The Kier molecular flexibility index (Phi) is 3.53. The van der Waals surface area contributed by atoms with Crippen molar-refractivity contribution in [1.29, 1.82) is 5.26 Å². The molecule has 1 aliphatic heterocycles. The molecule has 0 aliphatic carbocycles. The quantitative estimate of drug-likeness (QED) is 0.860. The summed E-state index contributed by atoms with van der Waals surface area (Å²) >= 11 is 3.56. The van der Waals surface area contributed by atoms with Crippen LogP contribution in [0.25, 0.3) is 0 Å². The van der Waals surface area contributed by atoms with E-state index >= 15 is 0 Å². The van der Waals surface area contributed by atoms with Gasteiger partial charge in [0.2, 0.25) is 0 Å². The van der Waals surface area contributed by atoms with Crippen molar-refractivity contribution in [3.63, 3.8) is 0 Å². The number of nitriles is 1. The third-order valence-corrected chi connectivity index (χ3v) is 3.90. The van der Waals surface area contributed by atoms with Gasteiger partial charge in [0, 0.05) is 4.47 Å². The molecule has 2 rings (SSSR count). The Morgan fingerprint density at radius 2 is 2.06 bits per heavy atom. The van der Waals surface area contributed by atoms with Crippen LogP contribution in [0.15, 0.2) is 28.7 Å². The second-order valence-electron chi connectivity index (χ2n) is 4.65. The van der Waals surface area contributed by atoms with E-state index in [1.807, 2.05) is 32.3 Å². The standard InChI is InChI=1S/C13H15BrN2O/c1-16(2)12(13(7-15)8-17-9-13)10-5-3-4-6-11(10)14/h3-6,12H,8-9H2,1-2H3. The summed E-state index contributed by atoms with van der Waals surface area (Å²) in [6, 6.07) is 10.5. The summed E-state index contributed by atoms with van der Waals surface area (Å²) in [4.78, 5) is 2.09. The van der Waals surface area contributed by atoms with E-state index in [1.54, 1.807) is 0 Å². The molecule has 3 nitrogen and oxygen atoms in total. The maximum Gasteiger partial charge on any atom is 0.123 e. The number of benzene rings is 1. The number of hydrogen-bond donors (Lipinski definition) is 0. The average molecular weight is 295 g/mol. The molecule has 1 heterocycles. The van der Waals surface area contributed by atoms with Gasteiger partial charge in [0.05, 0.1) is 25.3 Å². The number of hydrogen-bond acceptors (Lipinski definition) is 3. The molecule has 1 unspecified atom stereocenters. The van der Waals surface area contributed by atoms with Gasteiger partial charge >= 0.3 is 0 Å². The highest BCUT2D eigenvalue weighted by Crippen LogP contribution is 2.44. The highest BCUT2D eigenvalue weighted by atomic mass is 79.9. The Balaban J connectivity index is 2.44. The number of rotatable bonds is 3. The van der Waals surface area contributed by atoms with E-state index in [1.165, 1.54) is 0 Å². The molecule has 17 heavy (non-hydrogen) atoms. The molecule has 1 aliphatic rings. The van der Waals surface area contributed by atoms with Gasteiger partial charge in [-0.1, -0.05) is 34.1 Å². The molecule has 1 aromatic rings. The van der Waals surface area contributed by atoms with Crippen molar-refractivity contribution in [1.82, 2.24) is 4.90 Å². The van der Waals surface area contributed by atoms with Crippen LogP contribution in [0.1, 0.15) is 11.6 Å². The maximum atomic E-state index is 9.44. The number of nitrogens with zero attached hydrogens (tertiary/aromatic N) is 2. The lowest BCUT2D eigenvalue weighted by molar-refractivity contribution is -0.115. The van der Waals surface area contributed by atoms with E-state index in [0.29, 0.717) is 13.2 Å². The van der Waals surface area contributed by atoms with E-state index in [9.17, 15) is 5.26 Å². The first-order chi connectivity index (χ1) is 8.10. The van der Waals surface area contributed by atoms with E-state index in [4.69, 9.17) is 4.74 Å². The lowest BCUT2D eigenvalue weighted by atomic mass is 9.76. The van der Waals surface area contributed by atoms with Crippen molar-refractivity contribution in [2.24, 2.45) is 5.41 Å².